The van der Waals surface area contributed by atoms with Crippen LogP contribution >= 0.6 is 0 Å². The van der Waals surface area contributed by atoms with Gasteiger partial charge in [0.1, 0.15) is 5.58 Å². The molecule has 0 amide bonds. The van der Waals surface area contributed by atoms with Gasteiger partial charge in [0.25, 0.3) is 0 Å². The van der Waals surface area contributed by atoms with Crippen LogP contribution in [0.4, 0.5) is 0 Å². The molecule has 0 atom stereocenters. The standard InChI is InChI=1S/C52H29N5O/c1-2-14-31(15-3-1)55-40-21-9-4-16-32(40)37-28-30(26-27-44(37)55)50-53-51(47-36-20-8-13-25-45(36)58-52(47)54-50)57-42-23-11-6-18-34(42)39-29-38-33-17-5-10-22-41(33)56-43-24-12-7-19-35(43)46(48(38)56)49(39)57/h1-29H. The molecule has 0 fully saturated rings. The normalized spacial score (nSPS) is 12.5. The van der Waals surface area contributed by atoms with Crippen molar-refractivity contribution in [2.75, 3.05) is 0 Å². The molecule has 8 aromatic carbocycles. The van der Waals surface area contributed by atoms with Gasteiger partial charge in [-0.3, -0.25) is 4.57 Å². The summed E-state index contributed by atoms with van der Waals surface area (Å²) in [6.07, 6.45) is 0. The molecule has 0 unspecified atom stereocenters. The highest BCUT2D eigenvalue weighted by Crippen LogP contribution is 2.47. The van der Waals surface area contributed by atoms with Gasteiger partial charge in [0.15, 0.2) is 11.6 Å². The molecule has 0 aliphatic heterocycles. The second-order valence-corrected chi connectivity index (χ2v) is 15.3. The van der Waals surface area contributed by atoms with Crippen molar-refractivity contribution in [2.24, 2.45) is 0 Å². The summed E-state index contributed by atoms with van der Waals surface area (Å²) < 4.78 is 13.8. The molecule has 0 spiro atoms. The largest absolute Gasteiger partial charge is 0.437 e. The van der Waals surface area contributed by atoms with Gasteiger partial charge in [-0.1, -0.05) is 109 Å². The Labute approximate surface area is 329 Å². The fraction of sp³-hybridized carbons (Fsp3) is 0. The van der Waals surface area contributed by atoms with Crippen LogP contribution < -0.4 is 0 Å². The first kappa shape index (κ1) is 30.3. The van der Waals surface area contributed by atoms with Crippen LogP contribution in [0.5, 0.6) is 0 Å². The van der Waals surface area contributed by atoms with E-state index in [0.29, 0.717) is 11.5 Å². The lowest BCUT2D eigenvalue weighted by atomic mass is 10.0. The highest BCUT2D eigenvalue weighted by molar-refractivity contribution is 6.34. The summed E-state index contributed by atoms with van der Waals surface area (Å²) in [6, 6.07) is 62.7. The molecular formula is C52H29N5O. The number of para-hydroxylation sites is 6. The third kappa shape index (κ3) is 3.76. The van der Waals surface area contributed by atoms with Gasteiger partial charge in [0, 0.05) is 59.7 Å². The number of hydrogen-bond acceptors (Lipinski definition) is 3. The molecule has 14 rings (SSSR count). The molecule has 0 radical (unpaired) electrons. The summed E-state index contributed by atoms with van der Waals surface area (Å²) in [7, 11) is 0. The van der Waals surface area contributed by atoms with E-state index in [4.69, 9.17) is 14.4 Å². The zero-order valence-corrected chi connectivity index (χ0v) is 30.9. The third-order valence-electron chi connectivity index (χ3n) is 12.4. The van der Waals surface area contributed by atoms with Gasteiger partial charge in [-0.05, 0) is 66.7 Å². The van der Waals surface area contributed by atoms with Crippen LogP contribution in [0.3, 0.4) is 0 Å². The van der Waals surface area contributed by atoms with Gasteiger partial charge in [0.2, 0.25) is 5.71 Å². The Kier molecular flexibility index (Phi) is 5.68. The monoisotopic (exact) mass is 739 g/mol. The van der Waals surface area contributed by atoms with Crippen molar-refractivity contribution in [1.82, 2.24) is 23.5 Å². The Morgan fingerprint density at radius 3 is 1.72 bits per heavy atom. The van der Waals surface area contributed by atoms with E-state index in [1.807, 2.05) is 12.1 Å². The lowest BCUT2D eigenvalue weighted by molar-refractivity contribution is 0.653. The molecule has 6 heteroatoms. The summed E-state index contributed by atoms with van der Waals surface area (Å²) in [4.78, 5) is 10.9. The van der Waals surface area contributed by atoms with Crippen LogP contribution in [0.15, 0.2) is 180 Å². The number of hydrogen-bond donors (Lipinski definition) is 0. The van der Waals surface area contributed by atoms with Gasteiger partial charge in [-0.15, -0.1) is 0 Å². The van der Waals surface area contributed by atoms with Crippen molar-refractivity contribution in [1.29, 1.82) is 0 Å². The minimum atomic E-state index is 0.561. The van der Waals surface area contributed by atoms with Crippen LogP contribution in [-0.4, -0.2) is 23.5 Å². The van der Waals surface area contributed by atoms with Crippen molar-refractivity contribution in [3.63, 3.8) is 0 Å². The third-order valence-corrected chi connectivity index (χ3v) is 12.4. The van der Waals surface area contributed by atoms with E-state index < -0.39 is 0 Å². The number of aromatic nitrogens is 5. The quantitative estimate of drug-likeness (QED) is 0.181. The van der Waals surface area contributed by atoms with Gasteiger partial charge < -0.3 is 13.4 Å². The van der Waals surface area contributed by atoms with Gasteiger partial charge in [-0.2, -0.15) is 4.98 Å². The van der Waals surface area contributed by atoms with Gasteiger partial charge in [0.05, 0.1) is 44.0 Å². The molecule has 0 aliphatic rings. The predicted molar refractivity (Wildman–Crippen MR) is 238 cm³/mol. The molecule has 0 bridgehead atoms. The molecule has 0 N–H and O–H groups in total. The topological polar surface area (TPSA) is 53.2 Å². The maximum absolute atomic E-state index is 6.66. The molecule has 58 heavy (non-hydrogen) atoms. The number of furan rings is 1. The Hall–Kier alpha value is -7.96. The average molecular weight is 740 g/mol. The summed E-state index contributed by atoms with van der Waals surface area (Å²) >= 11 is 0. The first-order valence-electron chi connectivity index (χ1n) is 19.7. The average Bonchev–Trinajstić information content (AvgIpc) is 4.08. The highest BCUT2D eigenvalue weighted by Gasteiger charge is 2.27. The number of benzene rings is 8. The summed E-state index contributed by atoms with van der Waals surface area (Å²) in [6.45, 7) is 0. The number of fused-ring (bicyclic) bond motifs is 16. The van der Waals surface area contributed by atoms with E-state index in [1.54, 1.807) is 0 Å². The molecule has 6 aromatic heterocycles. The van der Waals surface area contributed by atoms with Gasteiger partial charge in [-0.25, -0.2) is 4.98 Å². The minimum absolute atomic E-state index is 0.561. The van der Waals surface area contributed by atoms with E-state index in [2.05, 4.69) is 177 Å². The van der Waals surface area contributed by atoms with Crippen molar-refractivity contribution in [2.45, 2.75) is 0 Å². The SMILES string of the molecule is c1ccc(-n2c3ccccc3c3cc(-c4nc(-n5c6ccccc6c6cc7c8ccccc8n8c9ccccc9c(c65)c78)c5c(n4)oc4ccccc45)ccc32)cc1. The predicted octanol–water partition coefficient (Wildman–Crippen LogP) is 13.4. The fourth-order valence-electron chi connectivity index (χ4n) is 10.0. The second kappa shape index (κ2) is 10.9. The van der Waals surface area contributed by atoms with E-state index in [9.17, 15) is 0 Å². The summed E-state index contributed by atoms with van der Waals surface area (Å²) in [5.41, 5.74) is 11.5. The minimum Gasteiger partial charge on any atom is -0.437 e. The lowest BCUT2D eigenvalue weighted by Crippen LogP contribution is -2.02. The second-order valence-electron chi connectivity index (χ2n) is 15.3. The Morgan fingerprint density at radius 1 is 0.379 bits per heavy atom. The fourth-order valence-corrected chi connectivity index (χ4v) is 10.0. The van der Waals surface area contributed by atoms with Crippen LogP contribution in [0.25, 0.3) is 127 Å². The Morgan fingerprint density at radius 2 is 0.948 bits per heavy atom. The maximum Gasteiger partial charge on any atom is 0.233 e. The molecular weight excluding hydrogens is 711 g/mol. The molecule has 0 saturated heterocycles. The first-order valence-corrected chi connectivity index (χ1v) is 19.7. The zero-order chi connectivity index (χ0) is 37.6. The lowest BCUT2D eigenvalue weighted by Gasteiger charge is -2.12. The Balaban J connectivity index is 1.14. The number of nitrogens with zero attached hydrogens (tertiary/aromatic N) is 5. The van der Waals surface area contributed by atoms with E-state index in [0.717, 1.165) is 60.9 Å². The molecule has 0 aliphatic carbocycles. The van der Waals surface area contributed by atoms with Crippen molar-refractivity contribution >= 4 is 104 Å². The van der Waals surface area contributed by atoms with Crippen molar-refractivity contribution in [3.05, 3.63) is 176 Å². The first-order chi connectivity index (χ1) is 28.8. The highest BCUT2D eigenvalue weighted by atomic mass is 16.3. The molecule has 0 saturated carbocycles. The van der Waals surface area contributed by atoms with Crippen molar-refractivity contribution in [3.8, 4) is 22.9 Å². The molecule has 6 nitrogen and oxygen atoms in total. The maximum atomic E-state index is 6.66. The van der Waals surface area contributed by atoms with Crippen LogP contribution in [-0.2, 0) is 0 Å². The molecule has 268 valence electrons. The van der Waals surface area contributed by atoms with Gasteiger partial charge >= 0.3 is 0 Å². The summed E-state index contributed by atoms with van der Waals surface area (Å²) in [5, 5.41) is 11.5. The van der Waals surface area contributed by atoms with Crippen molar-refractivity contribution < 1.29 is 4.42 Å². The van der Waals surface area contributed by atoms with E-state index >= 15 is 0 Å². The molecule has 14 aromatic rings. The molecule has 6 heterocycles. The smallest absolute Gasteiger partial charge is 0.233 e. The van der Waals surface area contributed by atoms with E-state index in [-0.39, 0.29) is 0 Å². The van der Waals surface area contributed by atoms with Crippen LogP contribution in [0.2, 0.25) is 0 Å². The van der Waals surface area contributed by atoms with E-state index in [1.165, 1.54) is 54.3 Å². The summed E-state index contributed by atoms with van der Waals surface area (Å²) in [5.74, 6) is 1.41. The number of rotatable bonds is 3. The Bertz CT molecular complexity index is 4030. The zero-order valence-electron chi connectivity index (χ0n) is 30.9. The van der Waals surface area contributed by atoms with Crippen LogP contribution in [0.1, 0.15) is 0 Å². The van der Waals surface area contributed by atoms with Crippen LogP contribution in [0, 0.1) is 0 Å².